The van der Waals surface area contributed by atoms with Gasteiger partial charge in [0, 0.05) is 18.3 Å². The molecule has 3 N–H and O–H groups in total. The monoisotopic (exact) mass is 378 g/mol. The smallest absolute Gasteiger partial charge is 0.240 e. The Bertz CT molecular complexity index is 763. The van der Waals surface area contributed by atoms with Crippen LogP contribution in [0.4, 0.5) is 5.69 Å². The number of aliphatic hydroxyl groups is 1. The Hall–Kier alpha value is -2.52. The highest BCUT2D eigenvalue weighted by molar-refractivity contribution is 7.99. The first kappa shape index (κ1) is 19.8. The van der Waals surface area contributed by atoms with Crippen molar-refractivity contribution in [3.8, 4) is 5.75 Å². The molecule has 2 aromatic rings. The second kappa shape index (κ2) is 9.83. The maximum atomic E-state index is 12.2. The number of anilines is 1. The Balaban J connectivity index is 1.98. The zero-order valence-corrected chi connectivity index (χ0v) is 15.5. The molecule has 0 saturated heterocycles. The summed E-state index contributed by atoms with van der Waals surface area (Å²) in [4.78, 5) is 28.2. The third-order valence-electron chi connectivity index (χ3n) is 3.43. The number of rotatable bonds is 9. The van der Waals surface area contributed by atoms with E-state index in [0.717, 1.165) is 0 Å². The standard InChI is InChI=1S/C17H22N4O4S/c1-3-18-15(23)9-21-13(10-22)8-19-17(21)26-11-16(24)20-12-5-4-6-14(7-12)25-2/h4-8,22H,3,9-11H2,1-2H3,(H,18,23)(H,20,24). The van der Waals surface area contributed by atoms with Gasteiger partial charge in [0.25, 0.3) is 0 Å². The SMILES string of the molecule is CCNC(=O)Cn1c(CO)cnc1SCC(=O)Nc1cccc(OC)c1. The first-order chi connectivity index (χ1) is 12.6. The van der Waals surface area contributed by atoms with Crippen molar-refractivity contribution in [1.29, 1.82) is 0 Å². The molecular formula is C17H22N4O4S. The molecule has 0 unspecified atom stereocenters. The predicted octanol–water partition coefficient (Wildman–Crippen LogP) is 1.25. The summed E-state index contributed by atoms with van der Waals surface area (Å²) in [6.07, 6.45) is 1.50. The molecule has 1 aromatic heterocycles. The van der Waals surface area contributed by atoms with Gasteiger partial charge in [0.15, 0.2) is 5.16 Å². The highest BCUT2D eigenvalue weighted by atomic mass is 32.2. The van der Waals surface area contributed by atoms with Gasteiger partial charge in [-0.25, -0.2) is 4.98 Å². The van der Waals surface area contributed by atoms with Crippen molar-refractivity contribution in [2.75, 3.05) is 24.7 Å². The number of amides is 2. The van der Waals surface area contributed by atoms with Gasteiger partial charge in [-0.15, -0.1) is 0 Å². The molecule has 2 amide bonds. The molecule has 0 radical (unpaired) electrons. The van der Waals surface area contributed by atoms with E-state index in [0.29, 0.717) is 28.8 Å². The molecule has 0 atom stereocenters. The molecule has 0 spiro atoms. The third-order valence-corrected chi connectivity index (χ3v) is 4.42. The molecular weight excluding hydrogens is 356 g/mol. The van der Waals surface area contributed by atoms with Gasteiger partial charge in [-0.3, -0.25) is 9.59 Å². The summed E-state index contributed by atoms with van der Waals surface area (Å²) in [6.45, 7) is 2.16. The molecule has 1 heterocycles. The van der Waals surface area contributed by atoms with Gasteiger partial charge in [-0.05, 0) is 19.1 Å². The van der Waals surface area contributed by atoms with Crippen molar-refractivity contribution < 1.29 is 19.4 Å². The first-order valence-electron chi connectivity index (χ1n) is 8.06. The van der Waals surface area contributed by atoms with Crippen LogP contribution in [-0.4, -0.2) is 45.9 Å². The minimum atomic E-state index is -0.233. The highest BCUT2D eigenvalue weighted by Gasteiger charge is 2.14. The summed E-state index contributed by atoms with van der Waals surface area (Å²) in [6, 6.07) is 7.07. The van der Waals surface area contributed by atoms with E-state index in [2.05, 4.69) is 15.6 Å². The fourth-order valence-corrected chi connectivity index (χ4v) is 3.02. The van der Waals surface area contributed by atoms with Gasteiger partial charge in [-0.1, -0.05) is 17.8 Å². The van der Waals surface area contributed by atoms with E-state index in [1.54, 1.807) is 35.9 Å². The number of methoxy groups -OCH3 is 1. The fraction of sp³-hybridized carbons (Fsp3) is 0.353. The normalized spacial score (nSPS) is 10.4. The van der Waals surface area contributed by atoms with Crippen LogP contribution in [0, 0.1) is 0 Å². The minimum absolute atomic E-state index is 0.0452. The maximum absolute atomic E-state index is 12.2. The lowest BCUT2D eigenvalue weighted by Gasteiger charge is -2.10. The van der Waals surface area contributed by atoms with Gasteiger partial charge >= 0.3 is 0 Å². The number of thioether (sulfide) groups is 1. The fourth-order valence-electron chi connectivity index (χ4n) is 2.23. The first-order valence-corrected chi connectivity index (χ1v) is 9.04. The van der Waals surface area contributed by atoms with Gasteiger partial charge in [-0.2, -0.15) is 0 Å². The minimum Gasteiger partial charge on any atom is -0.497 e. The van der Waals surface area contributed by atoms with Gasteiger partial charge in [0.05, 0.1) is 31.4 Å². The lowest BCUT2D eigenvalue weighted by molar-refractivity contribution is -0.121. The van der Waals surface area contributed by atoms with Crippen LogP contribution < -0.4 is 15.4 Å². The number of carbonyl (C=O) groups excluding carboxylic acids is 2. The van der Waals surface area contributed by atoms with Crippen LogP contribution in [0.3, 0.4) is 0 Å². The van der Waals surface area contributed by atoms with Gasteiger partial charge in [0.1, 0.15) is 12.3 Å². The summed E-state index contributed by atoms with van der Waals surface area (Å²) in [5.74, 6) is 0.388. The second-order valence-electron chi connectivity index (χ2n) is 5.30. The van der Waals surface area contributed by atoms with Crippen LogP contribution in [0.25, 0.3) is 0 Å². The Morgan fingerprint density at radius 2 is 2.15 bits per heavy atom. The Morgan fingerprint density at radius 3 is 2.85 bits per heavy atom. The molecule has 26 heavy (non-hydrogen) atoms. The van der Waals surface area contributed by atoms with Crippen molar-refractivity contribution in [1.82, 2.24) is 14.9 Å². The van der Waals surface area contributed by atoms with Crippen LogP contribution in [-0.2, 0) is 22.7 Å². The Labute approximate surface area is 156 Å². The van der Waals surface area contributed by atoms with Crippen molar-refractivity contribution in [2.45, 2.75) is 25.2 Å². The summed E-state index contributed by atoms with van der Waals surface area (Å²) in [5.41, 5.74) is 1.16. The van der Waals surface area contributed by atoms with Crippen molar-refractivity contribution in [3.05, 3.63) is 36.2 Å². The van der Waals surface area contributed by atoms with Crippen LogP contribution >= 0.6 is 11.8 Å². The maximum Gasteiger partial charge on any atom is 0.240 e. The Morgan fingerprint density at radius 1 is 1.35 bits per heavy atom. The number of likely N-dealkylation sites (N-methyl/N-ethyl adjacent to an activating group) is 1. The number of aromatic nitrogens is 2. The average Bonchev–Trinajstić information content (AvgIpc) is 3.02. The number of benzene rings is 1. The Kier molecular flexibility index (Phi) is 7.49. The van der Waals surface area contributed by atoms with Crippen molar-refractivity contribution >= 4 is 29.3 Å². The lowest BCUT2D eigenvalue weighted by atomic mass is 10.3. The summed E-state index contributed by atoms with van der Waals surface area (Å²) < 4.78 is 6.73. The average molecular weight is 378 g/mol. The third kappa shape index (κ3) is 5.50. The number of hydrogen-bond acceptors (Lipinski definition) is 6. The molecule has 0 saturated carbocycles. The number of aliphatic hydroxyl groups excluding tert-OH is 1. The highest BCUT2D eigenvalue weighted by Crippen LogP contribution is 2.20. The molecule has 0 aliphatic heterocycles. The van der Waals surface area contributed by atoms with E-state index in [-0.39, 0.29) is 30.7 Å². The van der Waals surface area contributed by atoms with Crippen molar-refractivity contribution in [2.24, 2.45) is 0 Å². The van der Waals surface area contributed by atoms with Crippen LogP contribution in [0.2, 0.25) is 0 Å². The van der Waals surface area contributed by atoms with Crippen LogP contribution in [0.15, 0.2) is 35.6 Å². The number of imidazole rings is 1. The number of ether oxygens (including phenoxy) is 1. The van der Waals surface area contributed by atoms with E-state index < -0.39 is 0 Å². The van der Waals surface area contributed by atoms with E-state index in [9.17, 15) is 14.7 Å². The summed E-state index contributed by atoms with van der Waals surface area (Å²) >= 11 is 1.20. The molecule has 2 rings (SSSR count). The van der Waals surface area contributed by atoms with Crippen LogP contribution in [0.1, 0.15) is 12.6 Å². The van der Waals surface area contributed by atoms with E-state index in [4.69, 9.17) is 4.74 Å². The topological polar surface area (TPSA) is 105 Å². The van der Waals surface area contributed by atoms with Gasteiger partial charge < -0.3 is 25.0 Å². The molecule has 1 aromatic carbocycles. The van der Waals surface area contributed by atoms with Gasteiger partial charge in [0.2, 0.25) is 11.8 Å². The molecule has 8 nitrogen and oxygen atoms in total. The summed E-state index contributed by atoms with van der Waals surface area (Å²) in [5, 5.41) is 15.4. The second-order valence-corrected chi connectivity index (χ2v) is 6.24. The molecule has 0 aliphatic rings. The van der Waals surface area contributed by atoms with Crippen LogP contribution in [0.5, 0.6) is 5.75 Å². The number of nitrogens with zero attached hydrogens (tertiary/aromatic N) is 2. The zero-order chi connectivity index (χ0) is 18.9. The molecule has 0 fully saturated rings. The lowest BCUT2D eigenvalue weighted by Crippen LogP contribution is -2.28. The molecule has 9 heteroatoms. The van der Waals surface area contributed by atoms with E-state index in [1.165, 1.54) is 18.0 Å². The number of carbonyl (C=O) groups is 2. The van der Waals surface area contributed by atoms with E-state index in [1.807, 2.05) is 6.92 Å². The quantitative estimate of drug-likeness (QED) is 0.567. The summed E-state index contributed by atoms with van der Waals surface area (Å²) in [7, 11) is 1.56. The van der Waals surface area contributed by atoms with Crippen molar-refractivity contribution in [3.63, 3.8) is 0 Å². The molecule has 0 bridgehead atoms. The molecule has 0 aliphatic carbocycles. The largest absolute Gasteiger partial charge is 0.497 e. The van der Waals surface area contributed by atoms with E-state index >= 15 is 0 Å². The predicted molar refractivity (Wildman–Crippen MR) is 99.2 cm³/mol. The zero-order valence-electron chi connectivity index (χ0n) is 14.7. The number of hydrogen-bond donors (Lipinski definition) is 3. The number of nitrogens with one attached hydrogen (secondary N) is 2. The molecule has 140 valence electrons.